The summed E-state index contributed by atoms with van der Waals surface area (Å²) in [6.07, 6.45) is -3.29. The highest BCUT2D eigenvalue weighted by molar-refractivity contribution is 5.93. The topological polar surface area (TPSA) is 76.0 Å². The molecule has 116 valence electrons. The Morgan fingerprint density at radius 3 is 2.57 bits per heavy atom. The van der Waals surface area contributed by atoms with Gasteiger partial charge in [0.2, 0.25) is 0 Å². The first kappa shape index (κ1) is 14.9. The Labute approximate surface area is 127 Å². The highest BCUT2D eigenvalue weighted by atomic mass is 19.4. The lowest BCUT2D eigenvalue weighted by atomic mass is 10.1. The van der Waals surface area contributed by atoms with E-state index in [1.807, 2.05) is 0 Å². The third-order valence-electron chi connectivity index (χ3n) is 3.16. The summed E-state index contributed by atoms with van der Waals surface area (Å²) < 4.78 is 38.5. The van der Waals surface area contributed by atoms with E-state index < -0.39 is 17.7 Å². The number of nitrogens with zero attached hydrogens (tertiary/aromatic N) is 3. The predicted octanol–water partition coefficient (Wildman–Crippen LogP) is 3.41. The molecule has 8 heteroatoms. The Kier molecular flexibility index (Phi) is 3.44. The number of carboxylic acid groups (broad SMARTS) is 1. The molecule has 0 radical (unpaired) electrons. The van der Waals surface area contributed by atoms with Crippen molar-refractivity contribution in [3.63, 3.8) is 0 Å². The standard InChI is InChI=1S/C15H8F3N3O2/c16-15(17,18)9-3-1-2-8(6-9)12-13-10(19-7-20-12)4-5-11(21-13)14(22)23/h1-7H,(H,22,23). The second kappa shape index (κ2) is 5.31. The fourth-order valence-electron chi connectivity index (χ4n) is 2.11. The number of halogens is 3. The minimum Gasteiger partial charge on any atom is -0.477 e. The Balaban J connectivity index is 2.24. The molecule has 0 fully saturated rings. The van der Waals surface area contributed by atoms with Crippen LogP contribution in [0.1, 0.15) is 16.1 Å². The van der Waals surface area contributed by atoms with Gasteiger partial charge in [-0.2, -0.15) is 13.2 Å². The van der Waals surface area contributed by atoms with Crippen LogP contribution >= 0.6 is 0 Å². The molecule has 2 aromatic heterocycles. The zero-order chi connectivity index (χ0) is 16.6. The van der Waals surface area contributed by atoms with E-state index in [-0.39, 0.29) is 22.5 Å². The third-order valence-corrected chi connectivity index (χ3v) is 3.16. The summed E-state index contributed by atoms with van der Waals surface area (Å²) in [4.78, 5) is 22.9. The molecular weight excluding hydrogens is 311 g/mol. The monoisotopic (exact) mass is 319 g/mol. The van der Waals surface area contributed by atoms with Crippen molar-refractivity contribution >= 4 is 17.0 Å². The van der Waals surface area contributed by atoms with Gasteiger partial charge in [0, 0.05) is 5.56 Å². The lowest BCUT2D eigenvalue weighted by molar-refractivity contribution is -0.137. The zero-order valence-electron chi connectivity index (χ0n) is 11.4. The number of benzene rings is 1. The molecule has 0 aliphatic rings. The van der Waals surface area contributed by atoms with Crippen molar-refractivity contribution in [1.29, 1.82) is 0 Å². The highest BCUT2D eigenvalue weighted by Crippen LogP contribution is 2.32. The smallest absolute Gasteiger partial charge is 0.416 e. The van der Waals surface area contributed by atoms with E-state index in [1.54, 1.807) is 0 Å². The molecular formula is C15H8F3N3O2. The van der Waals surface area contributed by atoms with Crippen LogP contribution in [0.5, 0.6) is 0 Å². The summed E-state index contributed by atoms with van der Waals surface area (Å²) in [7, 11) is 0. The average Bonchev–Trinajstić information content (AvgIpc) is 2.53. The molecule has 0 amide bonds. The highest BCUT2D eigenvalue weighted by Gasteiger charge is 2.30. The van der Waals surface area contributed by atoms with Crippen molar-refractivity contribution in [3.05, 3.63) is 54.0 Å². The van der Waals surface area contributed by atoms with Crippen LogP contribution in [0.2, 0.25) is 0 Å². The van der Waals surface area contributed by atoms with E-state index in [4.69, 9.17) is 5.11 Å². The van der Waals surface area contributed by atoms with E-state index >= 15 is 0 Å². The molecule has 0 unspecified atom stereocenters. The average molecular weight is 319 g/mol. The maximum atomic E-state index is 12.8. The van der Waals surface area contributed by atoms with E-state index in [0.29, 0.717) is 5.52 Å². The van der Waals surface area contributed by atoms with Gasteiger partial charge >= 0.3 is 12.1 Å². The number of carbonyl (C=O) groups is 1. The number of alkyl halides is 3. The van der Waals surface area contributed by atoms with Gasteiger partial charge in [-0.15, -0.1) is 0 Å². The second-order valence-corrected chi connectivity index (χ2v) is 4.67. The number of aromatic carboxylic acids is 1. The summed E-state index contributed by atoms with van der Waals surface area (Å²) >= 11 is 0. The van der Waals surface area contributed by atoms with Crippen LogP contribution in [0.3, 0.4) is 0 Å². The molecule has 0 aliphatic carbocycles. The molecule has 1 N–H and O–H groups in total. The lowest BCUT2D eigenvalue weighted by Gasteiger charge is -2.09. The van der Waals surface area contributed by atoms with Crippen LogP contribution in [0, 0.1) is 0 Å². The lowest BCUT2D eigenvalue weighted by Crippen LogP contribution is -2.05. The van der Waals surface area contributed by atoms with Gasteiger partial charge < -0.3 is 5.11 Å². The molecule has 1 aromatic carbocycles. The van der Waals surface area contributed by atoms with Gasteiger partial charge in [0.1, 0.15) is 17.5 Å². The first-order valence-electron chi connectivity index (χ1n) is 6.39. The molecule has 23 heavy (non-hydrogen) atoms. The number of fused-ring (bicyclic) bond motifs is 1. The van der Waals surface area contributed by atoms with Crippen LogP contribution in [-0.4, -0.2) is 26.0 Å². The maximum absolute atomic E-state index is 12.8. The summed E-state index contributed by atoms with van der Waals surface area (Å²) in [5, 5.41) is 9.00. The maximum Gasteiger partial charge on any atom is 0.416 e. The number of pyridine rings is 1. The number of carboxylic acids is 1. The molecule has 0 bridgehead atoms. The largest absolute Gasteiger partial charge is 0.477 e. The van der Waals surface area contributed by atoms with Crippen molar-refractivity contribution in [3.8, 4) is 11.3 Å². The summed E-state index contributed by atoms with van der Waals surface area (Å²) in [5.74, 6) is -1.24. The van der Waals surface area contributed by atoms with Crippen LogP contribution in [-0.2, 0) is 6.18 Å². The molecule has 0 atom stereocenters. The van der Waals surface area contributed by atoms with Crippen molar-refractivity contribution < 1.29 is 23.1 Å². The minimum absolute atomic E-state index is 0.131. The molecule has 0 aliphatic heterocycles. The van der Waals surface area contributed by atoms with Gasteiger partial charge in [-0.1, -0.05) is 12.1 Å². The number of hydrogen-bond donors (Lipinski definition) is 1. The first-order valence-corrected chi connectivity index (χ1v) is 6.39. The van der Waals surface area contributed by atoms with Crippen molar-refractivity contribution in [2.45, 2.75) is 6.18 Å². The Hall–Kier alpha value is -3.03. The minimum atomic E-state index is -4.49. The fourth-order valence-corrected chi connectivity index (χ4v) is 2.11. The van der Waals surface area contributed by atoms with Crippen LogP contribution in [0.4, 0.5) is 13.2 Å². The molecule has 0 spiro atoms. The number of aromatic nitrogens is 3. The molecule has 0 saturated heterocycles. The van der Waals surface area contributed by atoms with Gasteiger partial charge in [0.25, 0.3) is 0 Å². The molecule has 3 aromatic rings. The van der Waals surface area contributed by atoms with Gasteiger partial charge in [-0.3, -0.25) is 0 Å². The quantitative estimate of drug-likeness (QED) is 0.783. The van der Waals surface area contributed by atoms with Crippen LogP contribution in [0.15, 0.2) is 42.7 Å². The molecule has 3 rings (SSSR count). The van der Waals surface area contributed by atoms with E-state index in [1.165, 1.54) is 30.6 Å². The van der Waals surface area contributed by atoms with E-state index in [9.17, 15) is 18.0 Å². The first-order chi connectivity index (χ1) is 10.9. The normalized spacial score (nSPS) is 11.6. The van der Waals surface area contributed by atoms with Gasteiger partial charge in [-0.05, 0) is 24.3 Å². The Morgan fingerprint density at radius 1 is 1.09 bits per heavy atom. The van der Waals surface area contributed by atoms with Gasteiger partial charge in [0.05, 0.1) is 16.8 Å². The summed E-state index contributed by atoms with van der Waals surface area (Å²) in [5.41, 5.74) is -0.257. The molecule has 2 heterocycles. The third kappa shape index (κ3) is 2.83. The number of rotatable bonds is 2. The van der Waals surface area contributed by atoms with E-state index in [0.717, 1.165) is 12.1 Å². The Morgan fingerprint density at radius 2 is 1.87 bits per heavy atom. The predicted molar refractivity (Wildman–Crippen MR) is 74.7 cm³/mol. The van der Waals surface area contributed by atoms with Crippen molar-refractivity contribution in [2.24, 2.45) is 0 Å². The van der Waals surface area contributed by atoms with Crippen LogP contribution in [0.25, 0.3) is 22.3 Å². The second-order valence-electron chi connectivity index (χ2n) is 4.67. The van der Waals surface area contributed by atoms with Crippen molar-refractivity contribution in [1.82, 2.24) is 15.0 Å². The SMILES string of the molecule is O=C(O)c1ccc2ncnc(-c3cccc(C(F)(F)F)c3)c2n1. The zero-order valence-corrected chi connectivity index (χ0v) is 11.4. The summed E-state index contributed by atoms with van der Waals surface area (Å²) in [6, 6.07) is 7.30. The molecule has 0 saturated carbocycles. The molecule has 5 nitrogen and oxygen atoms in total. The van der Waals surface area contributed by atoms with Gasteiger partial charge in [-0.25, -0.2) is 19.7 Å². The van der Waals surface area contributed by atoms with E-state index in [2.05, 4.69) is 15.0 Å². The fraction of sp³-hybridized carbons (Fsp3) is 0.0667. The van der Waals surface area contributed by atoms with Crippen molar-refractivity contribution in [2.75, 3.05) is 0 Å². The van der Waals surface area contributed by atoms with Crippen LogP contribution < -0.4 is 0 Å². The van der Waals surface area contributed by atoms with Gasteiger partial charge in [0.15, 0.2) is 0 Å². The Bertz CT molecular complexity index is 910. The number of hydrogen-bond acceptors (Lipinski definition) is 4. The summed E-state index contributed by atoms with van der Waals surface area (Å²) in [6.45, 7) is 0.